The van der Waals surface area contributed by atoms with Crippen LogP contribution in [0.4, 0.5) is 4.79 Å². The second-order valence-electron chi connectivity index (χ2n) is 7.40. The molecule has 23 heavy (non-hydrogen) atoms. The highest BCUT2D eigenvalue weighted by Gasteiger charge is 2.32. The molecule has 1 fully saturated rings. The van der Waals surface area contributed by atoms with Gasteiger partial charge < -0.3 is 9.64 Å². The van der Waals surface area contributed by atoms with Crippen molar-refractivity contribution in [2.45, 2.75) is 45.3 Å². The van der Waals surface area contributed by atoms with Crippen LogP contribution in [-0.4, -0.2) is 47.7 Å². The summed E-state index contributed by atoms with van der Waals surface area (Å²) in [5.41, 5.74) is 2.49. The first-order chi connectivity index (χ1) is 10.8. The lowest BCUT2D eigenvalue weighted by molar-refractivity contribution is 0.0103. The SMILES string of the molecule is CC(C)(C)OC(=O)N1CCN(C2CCc3cc(Br)ccc32)CC1. The highest BCUT2D eigenvalue weighted by atomic mass is 79.9. The predicted molar refractivity (Wildman–Crippen MR) is 94.6 cm³/mol. The van der Waals surface area contributed by atoms with Crippen LogP contribution in [0.3, 0.4) is 0 Å². The van der Waals surface area contributed by atoms with Gasteiger partial charge in [-0.15, -0.1) is 0 Å². The third-order valence-electron chi connectivity index (χ3n) is 4.56. The van der Waals surface area contributed by atoms with E-state index in [2.05, 4.69) is 39.0 Å². The summed E-state index contributed by atoms with van der Waals surface area (Å²) in [7, 11) is 0. The molecule has 1 amide bonds. The zero-order valence-electron chi connectivity index (χ0n) is 14.1. The fourth-order valence-electron chi connectivity index (χ4n) is 3.49. The molecule has 1 aromatic rings. The molecule has 1 aliphatic heterocycles. The first-order valence-electron chi connectivity index (χ1n) is 8.34. The van der Waals surface area contributed by atoms with Gasteiger partial charge in [0.15, 0.2) is 0 Å². The van der Waals surface area contributed by atoms with Gasteiger partial charge in [0.1, 0.15) is 5.60 Å². The van der Waals surface area contributed by atoms with Gasteiger partial charge in [0.2, 0.25) is 0 Å². The predicted octanol–water partition coefficient (Wildman–Crippen LogP) is 3.99. The number of ether oxygens (including phenoxy) is 1. The Morgan fingerprint density at radius 2 is 1.91 bits per heavy atom. The van der Waals surface area contributed by atoms with Crippen LogP contribution in [-0.2, 0) is 11.2 Å². The maximum absolute atomic E-state index is 12.2. The Labute approximate surface area is 146 Å². The normalized spacial score (nSPS) is 22.1. The molecular formula is C18H25BrN2O2. The zero-order valence-corrected chi connectivity index (χ0v) is 15.7. The molecule has 0 saturated carbocycles. The van der Waals surface area contributed by atoms with Crippen LogP contribution in [0.5, 0.6) is 0 Å². The van der Waals surface area contributed by atoms with Crippen LogP contribution < -0.4 is 0 Å². The number of benzene rings is 1. The number of halogens is 1. The lowest BCUT2D eigenvalue weighted by atomic mass is 10.1. The van der Waals surface area contributed by atoms with Gasteiger partial charge in [-0.1, -0.05) is 22.0 Å². The number of hydrogen-bond acceptors (Lipinski definition) is 3. The van der Waals surface area contributed by atoms with Gasteiger partial charge in [-0.25, -0.2) is 4.79 Å². The molecule has 0 aromatic heterocycles. The van der Waals surface area contributed by atoms with Crippen LogP contribution >= 0.6 is 15.9 Å². The summed E-state index contributed by atoms with van der Waals surface area (Å²) in [4.78, 5) is 16.5. The van der Waals surface area contributed by atoms with Crippen molar-refractivity contribution in [1.82, 2.24) is 9.80 Å². The molecule has 1 aromatic carbocycles. The summed E-state index contributed by atoms with van der Waals surface area (Å²) in [6.45, 7) is 9.06. The molecule has 1 heterocycles. The fourth-order valence-corrected chi connectivity index (χ4v) is 3.89. The maximum Gasteiger partial charge on any atom is 0.410 e. The highest BCUT2D eigenvalue weighted by Crippen LogP contribution is 2.37. The third kappa shape index (κ3) is 3.89. The number of piperazine rings is 1. The lowest BCUT2D eigenvalue weighted by Gasteiger charge is -2.38. The second kappa shape index (κ2) is 6.44. The first kappa shape index (κ1) is 16.8. The van der Waals surface area contributed by atoms with Gasteiger partial charge in [0.25, 0.3) is 0 Å². The Bertz CT molecular complexity index is 589. The van der Waals surface area contributed by atoms with E-state index >= 15 is 0 Å². The van der Waals surface area contributed by atoms with E-state index in [-0.39, 0.29) is 6.09 Å². The molecule has 2 aliphatic rings. The number of nitrogens with zero attached hydrogens (tertiary/aromatic N) is 2. The molecule has 0 spiro atoms. The zero-order chi connectivity index (χ0) is 16.6. The Balaban J connectivity index is 1.59. The summed E-state index contributed by atoms with van der Waals surface area (Å²) in [5, 5.41) is 0. The summed E-state index contributed by atoms with van der Waals surface area (Å²) < 4.78 is 6.63. The maximum atomic E-state index is 12.2. The summed E-state index contributed by atoms with van der Waals surface area (Å²) in [6, 6.07) is 7.12. The Hall–Kier alpha value is -1.07. The minimum Gasteiger partial charge on any atom is -0.444 e. The largest absolute Gasteiger partial charge is 0.444 e. The van der Waals surface area contributed by atoms with E-state index in [1.807, 2.05) is 25.7 Å². The molecule has 5 heteroatoms. The molecule has 1 saturated heterocycles. The summed E-state index contributed by atoms with van der Waals surface area (Å²) >= 11 is 3.56. The Morgan fingerprint density at radius 1 is 1.22 bits per heavy atom. The minimum atomic E-state index is -0.425. The van der Waals surface area contributed by atoms with Crippen molar-refractivity contribution >= 4 is 22.0 Å². The van der Waals surface area contributed by atoms with Gasteiger partial charge in [-0.05, 0) is 56.9 Å². The highest BCUT2D eigenvalue weighted by molar-refractivity contribution is 9.10. The molecule has 1 unspecified atom stereocenters. The smallest absolute Gasteiger partial charge is 0.410 e. The average molecular weight is 381 g/mol. The Morgan fingerprint density at radius 3 is 2.57 bits per heavy atom. The van der Waals surface area contributed by atoms with Gasteiger partial charge in [0.05, 0.1) is 0 Å². The number of rotatable bonds is 1. The van der Waals surface area contributed by atoms with Crippen LogP contribution in [0, 0.1) is 0 Å². The van der Waals surface area contributed by atoms with E-state index in [4.69, 9.17) is 4.74 Å². The number of aryl methyl sites for hydroxylation is 1. The molecule has 0 N–H and O–H groups in total. The van der Waals surface area contributed by atoms with Crippen LogP contribution in [0.1, 0.15) is 44.4 Å². The van der Waals surface area contributed by atoms with E-state index in [0.29, 0.717) is 6.04 Å². The van der Waals surface area contributed by atoms with Gasteiger partial charge in [0, 0.05) is 36.7 Å². The van der Waals surface area contributed by atoms with Crippen molar-refractivity contribution < 1.29 is 9.53 Å². The summed E-state index contributed by atoms with van der Waals surface area (Å²) in [6.07, 6.45) is 2.14. The molecule has 1 aliphatic carbocycles. The van der Waals surface area contributed by atoms with Gasteiger partial charge >= 0.3 is 6.09 Å². The van der Waals surface area contributed by atoms with Crippen molar-refractivity contribution in [3.8, 4) is 0 Å². The molecule has 0 bridgehead atoms. The number of amides is 1. The van der Waals surface area contributed by atoms with Gasteiger partial charge in [-0.2, -0.15) is 0 Å². The molecule has 1 atom stereocenters. The van der Waals surface area contributed by atoms with Crippen LogP contribution in [0.2, 0.25) is 0 Å². The van der Waals surface area contributed by atoms with E-state index in [1.165, 1.54) is 17.5 Å². The number of fused-ring (bicyclic) bond motifs is 1. The quantitative estimate of drug-likeness (QED) is 0.738. The monoisotopic (exact) mass is 380 g/mol. The van der Waals surface area contributed by atoms with Crippen molar-refractivity contribution in [1.29, 1.82) is 0 Å². The Kier molecular flexibility index (Phi) is 4.70. The number of hydrogen-bond donors (Lipinski definition) is 0. The van der Waals surface area contributed by atoms with Crippen molar-refractivity contribution in [2.75, 3.05) is 26.2 Å². The topological polar surface area (TPSA) is 32.8 Å². The number of carbonyl (C=O) groups excluding carboxylic acids is 1. The molecular weight excluding hydrogens is 356 g/mol. The van der Waals surface area contributed by atoms with Crippen molar-refractivity contribution in [2.24, 2.45) is 0 Å². The van der Waals surface area contributed by atoms with Gasteiger partial charge in [-0.3, -0.25) is 4.90 Å². The molecule has 0 radical (unpaired) electrons. The lowest BCUT2D eigenvalue weighted by Crippen LogP contribution is -2.50. The average Bonchev–Trinajstić information content (AvgIpc) is 2.88. The minimum absolute atomic E-state index is 0.187. The fraction of sp³-hybridized carbons (Fsp3) is 0.611. The third-order valence-corrected chi connectivity index (χ3v) is 5.05. The molecule has 3 rings (SSSR count). The van der Waals surface area contributed by atoms with E-state index in [1.54, 1.807) is 0 Å². The molecule has 4 nitrogen and oxygen atoms in total. The van der Waals surface area contributed by atoms with Crippen LogP contribution in [0.25, 0.3) is 0 Å². The second-order valence-corrected chi connectivity index (χ2v) is 8.32. The van der Waals surface area contributed by atoms with E-state index < -0.39 is 5.60 Å². The standard InChI is InChI=1S/C18H25BrN2O2/c1-18(2,3)23-17(22)21-10-8-20(9-11-21)16-7-4-13-12-14(19)5-6-15(13)16/h5-6,12,16H,4,7-11H2,1-3H3. The molecule has 126 valence electrons. The van der Waals surface area contributed by atoms with Crippen LogP contribution in [0.15, 0.2) is 22.7 Å². The number of carbonyl (C=O) groups is 1. The van der Waals surface area contributed by atoms with Crippen molar-refractivity contribution in [3.63, 3.8) is 0 Å². The summed E-state index contributed by atoms with van der Waals surface area (Å²) in [5.74, 6) is 0. The van der Waals surface area contributed by atoms with E-state index in [9.17, 15) is 4.79 Å². The van der Waals surface area contributed by atoms with Crippen molar-refractivity contribution in [3.05, 3.63) is 33.8 Å². The van der Waals surface area contributed by atoms with E-state index in [0.717, 1.165) is 37.1 Å². The first-order valence-corrected chi connectivity index (χ1v) is 9.13.